The highest BCUT2D eigenvalue weighted by Gasteiger charge is 2.14. The molecular formula is C12H16N2O2. The van der Waals surface area contributed by atoms with Gasteiger partial charge in [0.1, 0.15) is 0 Å². The van der Waals surface area contributed by atoms with Crippen molar-refractivity contribution in [2.24, 2.45) is 0 Å². The molecule has 86 valence electrons. The van der Waals surface area contributed by atoms with Crippen molar-refractivity contribution in [3.8, 4) is 0 Å². The van der Waals surface area contributed by atoms with Crippen LogP contribution in [0.3, 0.4) is 0 Å². The first-order valence-corrected chi connectivity index (χ1v) is 5.32. The van der Waals surface area contributed by atoms with Gasteiger partial charge < -0.3 is 9.47 Å². The van der Waals surface area contributed by atoms with E-state index < -0.39 is 6.41 Å². The van der Waals surface area contributed by atoms with E-state index in [1.165, 1.54) is 0 Å². The van der Waals surface area contributed by atoms with E-state index in [0.29, 0.717) is 0 Å². The zero-order chi connectivity index (χ0) is 11.5. The summed E-state index contributed by atoms with van der Waals surface area (Å²) in [6.07, 6.45) is 1.42. The summed E-state index contributed by atoms with van der Waals surface area (Å²) in [5.41, 5.74) is 1.95. The molecule has 0 aliphatic rings. The fourth-order valence-corrected chi connectivity index (χ4v) is 1.61. The molecule has 0 fully saturated rings. The van der Waals surface area contributed by atoms with E-state index >= 15 is 0 Å². The SMILES string of the molecule is COC(OC(C)C)n1cnc2ccccc21. The number of fused-ring (bicyclic) bond motifs is 1. The molecule has 0 N–H and O–H groups in total. The van der Waals surface area contributed by atoms with Crippen LogP contribution >= 0.6 is 0 Å². The van der Waals surface area contributed by atoms with Gasteiger partial charge in [0.2, 0.25) is 6.41 Å². The molecule has 4 heteroatoms. The van der Waals surface area contributed by atoms with Gasteiger partial charge in [-0.25, -0.2) is 4.98 Å². The predicted octanol–water partition coefficient (Wildman–Crippen LogP) is 2.56. The van der Waals surface area contributed by atoms with E-state index in [1.807, 2.05) is 42.7 Å². The fourth-order valence-electron chi connectivity index (χ4n) is 1.61. The third-order valence-electron chi connectivity index (χ3n) is 2.30. The summed E-state index contributed by atoms with van der Waals surface area (Å²) in [7, 11) is 1.63. The number of aromatic nitrogens is 2. The molecule has 1 unspecified atom stereocenters. The van der Waals surface area contributed by atoms with Crippen LogP contribution in [0.25, 0.3) is 11.0 Å². The summed E-state index contributed by atoms with van der Waals surface area (Å²) in [6, 6.07) is 7.90. The topological polar surface area (TPSA) is 36.3 Å². The molecule has 0 radical (unpaired) electrons. The van der Waals surface area contributed by atoms with Crippen molar-refractivity contribution in [2.45, 2.75) is 26.4 Å². The highest BCUT2D eigenvalue weighted by atomic mass is 16.7. The molecule has 0 amide bonds. The molecule has 2 rings (SSSR count). The third kappa shape index (κ3) is 2.08. The minimum atomic E-state index is -0.424. The molecule has 0 spiro atoms. The molecule has 0 aliphatic heterocycles. The lowest BCUT2D eigenvalue weighted by Gasteiger charge is -2.20. The van der Waals surface area contributed by atoms with Crippen LogP contribution in [0.15, 0.2) is 30.6 Å². The second-order valence-corrected chi connectivity index (χ2v) is 3.87. The zero-order valence-corrected chi connectivity index (χ0v) is 9.75. The van der Waals surface area contributed by atoms with E-state index in [4.69, 9.17) is 9.47 Å². The summed E-state index contributed by atoms with van der Waals surface area (Å²) < 4.78 is 12.9. The Kier molecular flexibility index (Phi) is 3.22. The molecule has 1 heterocycles. The molecule has 4 nitrogen and oxygen atoms in total. The quantitative estimate of drug-likeness (QED) is 0.743. The highest BCUT2D eigenvalue weighted by molar-refractivity contribution is 5.74. The third-order valence-corrected chi connectivity index (χ3v) is 2.30. The van der Waals surface area contributed by atoms with Crippen molar-refractivity contribution in [3.05, 3.63) is 30.6 Å². The summed E-state index contributed by atoms with van der Waals surface area (Å²) in [5.74, 6) is 0. The van der Waals surface area contributed by atoms with Gasteiger partial charge in [-0.1, -0.05) is 12.1 Å². The maximum Gasteiger partial charge on any atom is 0.245 e. The van der Waals surface area contributed by atoms with E-state index in [9.17, 15) is 0 Å². The largest absolute Gasteiger partial charge is 0.338 e. The Labute approximate surface area is 94.8 Å². The number of nitrogens with zero attached hydrogens (tertiary/aromatic N) is 2. The van der Waals surface area contributed by atoms with E-state index in [-0.39, 0.29) is 6.10 Å². The molecule has 1 aromatic carbocycles. The standard InChI is InChI=1S/C12H16N2O2/c1-9(2)16-12(15-3)14-8-13-10-6-4-5-7-11(10)14/h4-9,12H,1-3H3. The van der Waals surface area contributed by atoms with Gasteiger partial charge in [-0.15, -0.1) is 0 Å². The van der Waals surface area contributed by atoms with Crippen LogP contribution < -0.4 is 0 Å². The Morgan fingerprint density at radius 1 is 1.25 bits per heavy atom. The van der Waals surface area contributed by atoms with Gasteiger partial charge in [0, 0.05) is 7.11 Å². The Morgan fingerprint density at radius 3 is 2.69 bits per heavy atom. The summed E-state index contributed by atoms with van der Waals surface area (Å²) in [4.78, 5) is 4.30. The molecule has 0 saturated carbocycles. The molecule has 0 bridgehead atoms. The van der Waals surface area contributed by atoms with Crippen LogP contribution in [0.2, 0.25) is 0 Å². The average molecular weight is 220 g/mol. The summed E-state index contributed by atoms with van der Waals surface area (Å²) in [5, 5.41) is 0. The van der Waals surface area contributed by atoms with Crippen molar-refractivity contribution >= 4 is 11.0 Å². The number of methoxy groups -OCH3 is 1. The average Bonchev–Trinajstić information content (AvgIpc) is 2.69. The van der Waals surface area contributed by atoms with Gasteiger partial charge in [-0.05, 0) is 26.0 Å². The number of hydrogen-bond donors (Lipinski definition) is 0. The Balaban J connectivity index is 2.37. The zero-order valence-electron chi connectivity index (χ0n) is 9.75. The summed E-state index contributed by atoms with van der Waals surface area (Å²) >= 11 is 0. The minimum Gasteiger partial charge on any atom is -0.338 e. The van der Waals surface area contributed by atoms with Gasteiger partial charge in [0.25, 0.3) is 0 Å². The monoisotopic (exact) mass is 220 g/mol. The van der Waals surface area contributed by atoms with Crippen molar-refractivity contribution in [1.29, 1.82) is 0 Å². The molecular weight excluding hydrogens is 204 g/mol. The molecule has 16 heavy (non-hydrogen) atoms. The number of para-hydroxylation sites is 2. The smallest absolute Gasteiger partial charge is 0.245 e. The van der Waals surface area contributed by atoms with Gasteiger partial charge in [-0.2, -0.15) is 0 Å². The lowest BCUT2D eigenvalue weighted by molar-refractivity contribution is -0.192. The summed E-state index contributed by atoms with van der Waals surface area (Å²) in [6.45, 7) is 3.95. The molecule has 1 atom stereocenters. The van der Waals surface area contributed by atoms with E-state index in [1.54, 1.807) is 13.4 Å². The van der Waals surface area contributed by atoms with Crippen molar-refractivity contribution < 1.29 is 9.47 Å². The second kappa shape index (κ2) is 4.63. The van der Waals surface area contributed by atoms with Crippen molar-refractivity contribution in [3.63, 3.8) is 0 Å². The number of imidazole rings is 1. The molecule has 1 aromatic heterocycles. The normalized spacial score (nSPS) is 13.5. The van der Waals surface area contributed by atoms with Crippen LogP contribution in [0, 0.1) is 0 Å². The van der Waals surface area contributed by atoms with Crippen LogP contribution in [0.4, 0.5) is 0 Å². The van der Waals surface area contributed by atoms with Gasteiger partial charge >= 0.3 is 0 Å². The Morgan fingerprint density at radius 2 is 2.00 bits per heavy atom. The number of benzene rings is 1. The fraction of sp³-hybridized carbons (Fsp3) is 0.417. The van der Waals surface area contributed by atoms with Crippen molar-refractivity contribution in [1.82, 2.24) is 9.55 Å². The van der Waals surface area contributed by atoms with Gasteiger partial charge in [0.15, 0.2) is 0 Å². The van der Waals surface area contributed by atoms with Crippen molar-refractivity contribution in [2.75, 3.05) is 7.11 Å². The lowest BCUT2D eigenvalue weighted by atomic mass is 10.3. The minimum absolute atomic E-state index is 0.103. The lowest BCUT2D eigenvalue weighted by Crippen LogP contribution is -2.18. The van der Waals surface area contributed by atoms with Gasteiger partial charge in [-0.3, -0.25) is 4.57 Å². The maximum atomic E-state index is 5.65. The van der Waals surface area contributed by atoms with Crippen LogP contribution in [0.1, 0.15) is 20.3 Å². The molecule has 0 aliphatic carbocycles. The molecule has 2 aromatic rings. The number of ether oxygens (including phenoxy) is 2. The van der Waals surface area contributed by atoms with Crippen LogP contribution in [-0.2, 0) is 9.47 Å². The molecule has 0 saturated heterocycles. The first-order valence-electron chi connectivity index (χ1n) is 5.32. The van der Waals surface area contributed by atoms with E-state index in [0.717, 1.165) is 11.0 Å². The predicted molar refractivity (Wildman–Crippen MR) is 62.0 cm³/mol. The number of rotatable bonds is 4. The number of hydrogen-bond acceptors (Lipinski definition) is 3. The first kappa shape index (κ1) is 11.1. The van der Waals surface area contributed by atoms with Crippen LogP contribution in [-0.4, -0.2) is 22.8 Å². The van der Waals surface area contributed by atoms with Crippen LogP contribution in [0.5, 0.6) is 0 Å². The highest BCUT2D eigenvalue weighted by Crippen LogP contribution is 2.19. The Hall–Kier alpha value is -1.39. The first-order chi connectivity index (χ1) is 7.72. The second-order valence-electron chi connectivity index (χ2n) is 3.87. The maximum absolute atomic E-state index is 5.65. The Bertz CT molecular complexity index is 465. The van der Waals surface area contributed by atoms with Gasteiger partial charge in [0.05, 0.1) is 23.5 Å². The van der Waals surface area contributed by atoms with E-state index in [2.05, 4.69) is 4.98 Å².